The van der Waals surface area contributed by atoms with Crippen LogP contribution in [0.3, 0.4) is 0 Å². The Kier molecular flexibility index (Phi) is 12.1. The van der Waals surface area contributed by atoms with Crippen molar-refractivity contribution in [1.29, 1.82) is 0 Å². The molecule has 4 aliphatic heterocycles. The number of halogens is 1. The summed E-state index contributed by atoms with van der Waals surface area (Å²) >= 11 is 6.41. The molecule has 2 aromatic rings. The molecule has 4 heterocycles. The lowest BCUT2D eigenvalue weighted by Crippen LogP contribution is -2.59. The van der Waals surface area contributed by atoms with Gasteiger partial charge in [0.05, 0.1) is 17.5 Å². The maximum absolute atomic E-state index is 13.6. The van der Waals surface area contributed by atoms with Crippen LogP contribution in [0.25, 0.3) is 0 Å². The van der Waals surface area contributed by atoms with Gasteiger partial charge in [0, 0.05) is 76.2 Å². The van der Waals surface area contributed by atoms with Gasteiger partial charge in [-0.05, 0) is 111 Å². The van der Waals surface area contributed by atoms with Crippen molar-refractivity contribution in [1.82, 2.24) is 14.5 Å². The second-order valence-electron chi connectivity index (χ2n) is 16.0. The molecule has 1 saturated carbocycles. The standard InChI is InChI=1S/C41H57ClN4O6S/c1-29-7-6-16-41(50-3,28-44-18-20-45(21-19-44)36-15-22-51-27-36)37-13-10-33(37)25-46-17-5-4-8-31-23-35(42)12-9-34(31)26-52-39-14-11-32(24-38(39)46)40(47)43-53(48,49)30(29)2/h6,9,11-12,14,16,23-24,29-30,33,36-37H,4-5,7-8,10,13,15,17-22,25-28H2,1-3H3,(H,43,47)/b16-6+/t29-,30+,33-,36+,37+,41?/m0/s1. The monoisotopic (exact) mass is 768 g/mol. The summed E-state index contributed by atoms with van der Waals surface area (Å²) < 4.78 is 48.5. The lowest BCUT2D eigenvalue weighted by atomic mass is 9.63. The second-order valence-corrected chi connectivity index (χ2v) is 18.5. The minimum Gasteiger partial charge on any atom is -0.487 e. The molecule has 1 amide bonds. The predicted octanol–water partition coefficient (Wildman–Crippen LogP) is 5.92. The highest BCUT2D eigenvalue weighted by Crippen LogP contribution is 2.47. The van der Waals surface area contributed by atoms with Crippen molar-refractivity contribution in [3.05, 3.63) is 70.3 Å². The van der Waals surface area contributed by atoms with Gasteiger partial charge in [0.1, 0.15) is 18.0 Å². The molecule has 5 aliphatic rings. The van der Waals surface area contributed by atoms with Gasteiger partial charge in [-0.15, -0.1) is 0 Å². The number of carbonyl (C=O) groups is 1. The van der Waals surface area contributed by atoms with Gasteiger partial charge in [-0.3, -0.25) is 14.6 Å². The lowest BCUT2D eigenvalue weighted by Gasteiger charge is -2.52. The number of ether oxygens (including phenoxy) is 3. The molecule has 0 aromatic heterocycles. The predicted molar refractivity (Wildman–Crippen MR) is 209 cm³/mol. The summed E-state index contributed by atoms with van der Waals surface area (Å²) in [5.74, 6) is 0.462. The van der Waals surface area contributed by atoms with Crippen molar-refractivity contribution < 1.29 is 27.4 Å². The van der Waals surface area contributed by atoms with Gasteiger partial charge in [0.25, 0.3) is 5.91 Å². The van der Waals surface area contributed by atoms with Crippen LogP contribution in [-0.2, 0) is 32.5 Å². The third-order valence-electron chi connectivity index (χ3n) is 12.9. The van der Waals surface area contributed by atoms with Gasteiger partial charge in [-0.2, -0.15) is 0 Å². The average Bonchev–Trinajstić information content (AvgIpc) is 3.67. The van der Waals surface area contributed by atoms with Crippen LogP contribution in [-0.4, -0.2) is 107 Å². The Morgan fingerprint density at radius 1 is 1.00 bits per heavy atom. The Morgan fingerprint density at radius 2 is 1.83 bits per heavy atom. The van der Waals surface area contributed by atoms with Crippen LogP contribution >= 0.6 is 11.6 Å². The Morgan fingerprint density at radius 3 is 2.57 bits per heavy atom. The van der Waals surface area contributed by atoms with Gasteiger partial charge >= 0.3 is 0 Å². The molecule has 1 aliphatic carbocycles. The van der Waals surface area contributed by atoms with Crippen LogP contribution in [0.1, 0.15) is 73.9 Å². The Bertz CT molecular complexity index is 1740. The van der Waals surface area contributed by atoms with E-state index in [-0.39, 0.29) is 11.8 Å². The fourth-order valence-corrected chi connectivity index (χ4v) is 10.6. The van der Waals surface area contributed by atoms with E-state index in [2.05, 4.69) is 31.6 Å². The summed E-state index contributed by atoms with van der Waals surface area (Å²) in [6.07, 6.45) is 11.0. The minimum atomic E-state index is -3.96. The number of piperazine rings is 1. The Balaban J connectivity index is 1.22. The van der Waals surface area contributed by atoms with Crippen LogP contribution in [0.5, 0.6) is 5.75 Å². The van der Waals surface area contributed by atoms with E-state index in [0.717, 1.165) is 114 Å². The molecule has 3 fully saturated rings. The van der Waals surface area contributed by atoms with Crippen molar-refractivity contribution in [2.75, 3.05) is 71.0 Å². The number of allylic oxidation sites excluding steroid dienone is 1. The molecule has 1 unspecified atom stereocenters. The Hall–Kier alpha value is -2.67. The number of amides is 1. The summed E-state index contributed by atoms with van der Waals surface area (Å²) in [5, 5.41) is -0.0604. The van der Waals surface area contributed by atoms with Crippen molar-refractivity contribution >= 4 is 33.2 Å². The zero-order valence-corrected chi connectivity index (χ0v) is 33.2. The zero-order chi connectivity index (χ0) is 37.2. The fraction of sp³-hybridized carbons (Fsp3) is 0.634. The topological polar surface area (TPSA) is 101 Å². The third kappa shape index (κ3) is 8.60. The first-order chi connectivity index (χ1) is 25.5. The molecular weight excluding hydrogens is 712 g/mol. The maximum Gasteiger partial charge on any atom is 0.264 e. The molecule has 6 atom stereocenters. The molecule has 0 radical (unpaired) electrons. The quantitative estimate of drug-likeness (QED) is 0.380. The van der Waals surface area contributed by atoms with E-state index in [0.29, 0.717) is 36.3 Å². The van der Waals surface area contributed by atoms with Crippen molar-refractivity contribution in [3.63, 3.8) is 0 Å². The molecule has 2 aromatic carbocycles. The highest BCUT2D eigenvalue weighted by atomic mass is 35.5. The molecule has 10 nitrogen and oxygen atoms in total. The van der Waals surface area contributed by atoms with Crippen LogP contribution in [0.4, 0.5) is 5.69 Å². The van der Waals surface area contributed by atoms with E-state index in [1.807, 2.05) is 44.4 Å². The normalized spacial score (nSPS) is 32.3. The van der Waals surface area contributed by atoms with E-state index in [9.17, 15) is 13.2 Å². The van der Waals surface area contributed by atoms with Gasteiger partial charge < -0.3 is 19.1 Å². The van der Waals surface area contributed by atoms with Crippen LogP contribution in [0, 0.1) is 17.8 Å². The van der Waals surface area contributed by atoms with Crippen LogP contribution in [0.15, 0.2) is 48.6 Å². The summed E-state index contributed by atoms with van der Waals surface area (Å²) in [7, 11) is -2.11. The van der Waals surface area contributed by atoms with E-state index in [1.165, 1.54) is 5.56 Å². The summed E-state index contributed by atoms with van der Waals surface area (Å²) in [6.45, 7) is 12.0. The first-order valence-corrected chi connectivity index (χ1v) is 21.6. The van der Waals surface area contributed by atoms with Gasteiger partial charge in [-0.25, -0.2) is 13.1 Å². The first-order valence-electron chi connectivity index (χ1n) is 19.7. The zero-order valence-electron chi connectivity index (χ0n) is 31.6. The summed E-state index contributed by atoms with van der Waals surface area (Å²) in [4.78, 5) is 21.1. The molecular formula is C41H57ClN4O6S. The number of carbonyl (C=O) groups excluding carboxylic acids is 1. The first kappa shape index (κ1) is 38.6. The third-order valence-corrected chi connectivity index (χ3v) is 15.0. The number of sulfonamides is 1. The summed E-state index contributed by atoms with van der Waals surface area (Å²) in [6, 6.07) is 11.8. The number of hydrogen-bond acceptors (Lipinski definition) is 9. The number of anilines is 1. The number of rotatable bonds is 4. The number of aryl methyl sites for hydroxylation is 1. The largest absolute Gasteiger partial charge is 0.487 e. The number of hydrogen-bond donors (Lipinski definition) is 1. The van der Waals surface area contributed by atoms with E-state index in [4.69, 9.17) is 25.8 Å². The smallest absolute Gasteiger partial charge is 0.264 e. The molecule has 53 heavy (non-hydrogen) atoms. The number of benzene rings is 2. The minimum absolute atomic E-state index is 0.220. The highest BCUT2D eigenvalue weighted by Gasteiger charge is 2.48. The van der Waals surface area contributed by atoms with Crippen molar-refractivity contribution in [3.8, 4) is 5.75 Å². The number of nitrogens with one attached hydrogen (secondary N) is 1. The fourth-order valence-electron chi connectivity index (χ4n) is 9.08. The van der Waals surface area contributed by atoms with Crippen LogP contribution in [0.2, 0.25) is 5.02 Å². The maximum atomic E-state index is 13.6. The van der Waals surface area contributed by atoms with Crippen molar-refractivity contribution in [2.24, 2.45) is 17.8 Å². The number of methoxy groups -OCH3 is 1. The Labute approximate surface area is 321 Å². The molecule has 0 spiro atoms. The van der Waals surface area contributed by atoms with Gasteiger partial charge in [-0.1, -0.05) is 36.7 Å². The van der Waals surface area contributed by atoms with Gasteiger partial charge in [0.2, 0.25) is 10.0 Å². The van der Waals surface area contributed by atoms with E-state index in [1.54, 1.807) is 13.0 Å². The lowest BCUT2D eigenvalue weighted by molar-refractivity contribution is -0.0963. The molecule has 2 saturated heterocycles. The molecule has 1 N–H and O–H groups in total. The number of nitrogens with zero attached hydrogens (tertiary/aromatic N) is 3. The summed E-state index contributed by atoms with van der Waals surface area (Å²) in [5.41, 5.74) is 2.88. The SMILES string of the molecule is COC1(CN2CCN([C@@H]3CCOC3)CC2)/C=C/C[C@H](C)[C@@H](C)S(=O)(=O)NC(=O)c2ccc3c(c2)N(CCCCc2cc(Cl)ccc2CO3)C[C@@H]2CC[C@H]21. The van der Waals surface area contributed by atoms with E-state index < -0.39 is 26.8 Å². The molecule has 2 bridgehead atoms. The number of fused-ring (bicyclic) bond motifs is 3. The molecule has 12 heteroatoms. The van der Waals surface area contributed by atoms with Crippen molar-refractivity contribution in [2.45, 2.75) is 82.3 Å². The second kappa shape index (κ2) is 16.6. The highest BCUT2D eigenvalue weighted by molar-refractivity contribution is 7.90. The average molecular weight is 769 g/mol. The molecule has 7 rings (SSSR count). The molecule has 290 valence electrons. The van der Waals surface area contributed by atoms with Gasteiger partial charge in [0.15, 0.2) is 0 Å². The van der Waals surface area contributed by atoms with Crippen LogP contribution < -0.4 is 14.4 Å². The van der Waals surface area contributed by atoms with E-state index >= 15 is 0 Å².